The SMILES string of the molecule is C=CC=C.CN=C/C(=C(/C)N)c1ccccc1C1CN(C)Cc2sc(Cl)cc21. The molecule has 1 aliphatic rings. The first kappa shape index (κ1) is 22.2. The summed E-state index contributed by atoms with van der Waals surface area (Å²) in [7, 11) is 3.93. The van der Waals surface area contributed by atoms with Crippen LogP contribution in [0, 0.1) is 0 Å². The van der Waals surface area contributed by atoms with Crippen LogP contribution in [0.15, 0.2) is 66.3 Å². The van der Waals surface area contributed by atoms with E-state index in [1.807, 2.05) is 13.1 Å². The highest BCUT2D eigenvalue weighted by Gasteiger charge is 2.28. The molecule has 0 radical (unpaired) electrons. The Morgan fingerprint density at radius 1 is 1.29 bits per heavy atom. The third kappa shape index (κ3) is 5.22. The predicted molar refractivity (Wildman–Crippen MR) is 126 cm³/mol. The quantitative estimate of drug-likeness (QED) is 0.513. The Hall–Kier alpha value is -2.14. The van der Waals surface area contributed by atoms with E-state index in [2.05, 4.69) is 60.4 Å². The molecule has 2 aromatic rings. The number of likely N-dealkylation sites (N-methyl/N-ethyl adjacent to an activating group) is 1. The van der Waals surface area contributed by atoms with Crippen molar-refractivity contribution in [2.75, 3.05) is 20.6 Å². The fourth-order valence-electron chi connectivity index (χ4n) is 3.37. The van der Waals surface area contributed by atoms with Gasteiger partial charge in [0.25, 0.3) is 0 Å². The van der Waals surface area contributed by atoms with Gasteiger partial charge < -0.3 is 10.6 Å². The molecule has 0 fully saturated rings. The number of thiophene rings is 1. The van der Waals surface area contributed by atoms with Gasteiger partial charge in [-0.1, -0.05) is 61.2 Å². The molecule has 0 saturated carbocycles. The number of aliphatic imine (C=N–C) groups is 1. The molecule has 1 aromatic carbocycles. The first-order chi connectivity index (χ1) is 13.4. The maximum Gasteiger partial charge on any atom is 0.0934 e. The second-order valence-electron chi connectivity index (χ2n) is 6.72. The van der Waals surface area contributed by atoms with E-state index in [4.69, 9.17) is 17.3 Å². The van der Waals surface area contributed by atoms with Crippen molar-refractivity contribution in [2.45, 2.75) is 19.4 Å². The van der Waals surface area contributed by atoms with E-state index in [0.29, 0.717) is 5.92 Å². The van der Waals surface area contributed by atoms with Crippen LogP contribution in [0.25, 0.3) is 5.57 Å². The molecule has 148 valence electrons. The summed E-state index contributed by atoms with van der Waals surface area (Å²) in [6, 6.07) is 10.6. The molecule has 1 aromatic heterocycles. The Morgan fingerprint density at radius 2 is 1.96 bits per heavy atom. The first-order valence-electron chi connectivity index (χ1n) is 9.10. The van der Waals surface area contributed by atoms with E-state index in [1.54, 1.807) is 30.5 Å². The number of rotatable bonds is 4. The van der Waals surface area contributed by atoms with E-state index < -0.39 is 0 Å². The number of halogens is 1. The largest absolute Gasteiger partial charge is 0.402 e. The highest BCUT2D eigenvalue weighted by Crippen LogP contribution is 2.41. The van der Waals surface area contributed by atoms with Crippen molar-refractivity contribution in [1.82, 2.24) is 4.90 Å². The van der Waals surface area contributed by atoms with Crippen molar-refractivity contribution in [2.24, 2.45) is 10.7 Å². The van der Waals surface area contributed by atoms with Crippen molar-refractivity contribution >= 4 is 34.7 Å². The summed E-state index contributed by atoms with van der Waals surface area (Å²) in [5.41, 5.74) is 11.7. The number of nitrogens with two attached hydrogens (primary N) is 1. The molecule has 0 aliphatic carbocycles. The summed E-state index contributed by atoms with van der Waals surface area (Å²) in [5, 5.41) is 0. The summed E-state index contributed by atoms with van der Waals surface area (Å²) in [4.78, 5) is 7.90. The minimum absolute atomic E-state index is 0.290. The molecule has 1 unspecified atom stereocenters. The molecular weight excluding hydrogens is 386 g/mol. The molecule has 1 atom stereocenters. The van der Waals surface area contributed by atoms with Gasteiger partial charge in [-0.05, 0) is 36.7 Å². The Balaban J connectivity index is 0.000000640. The maximum absolute atomic E-state index is 6.30. The summed E-state index contributed by atoms with van der Waals surface area (Å²) in [6.07, 6.45) is 5.13. The third-order valence-electron chi connectivity index (χ3n) is 4.57. The molecule has 0 amide bonds. The fraction of sp³-hybridized carbons (Fsp3) is 0.261. The number of fused-ring (bicyclic) bond motifs is 1. The maximum atomic E-state index is 6.30. The van der Waals surface area contributed by atoms with E-state index in [-0.39, 0.29) is 0 Å². The lowest BCUT2D eigenvalue weighted by Gasteiger charge is -2.31. The van der Waals surface area contributed by atoms with Crippen LogP contribution in [0.3, 0.4) is 0 Å². The lowest BCUT2D eigenvalue weighted by molar-refractivity contribution is 0.299. The van der Waals surface area contributed by atoms with E-state index in [0.717, 1.165) is 34.3 Å². The van der Waals surface area contributed by atoms with Gasteiger partial charge in [0.05, 0.1) is 4.34 Å². The fourth-order valence-corrected chi connectivity index (χ4v) is 4.79. The van der Waals surface area contributed by atoms with E-state index in [1.165, 1.54) is 16.0 Å². The van der Waals surface area contributed by atoms with Crippen molar-refractivity contribution in [3.05, 3.63) is 87.2 Å². The van der Waals surface area contributed by atoms with Gasteiger partial charge >= 0.3 is 0 Å². The zero-order valence-electron chi connectivity index (χ0n) is 16.8. The zero-order valence-corrected chi connectivity index (χ0v) is 18.4. The lowest BCUT2D eigenvalue weighted by Crippen LogP contribution is -2.30. The summed E-state index contributed by atoms with van der Waals surface area (Å²) < 4.78 is 0.860. The monoisotopic (exact) mass is 413 g/mol. The summed E-state index contributed by atoms with van der Waals surface area (Å²) in [6.45, 7) is 10.6. The molecule has 0 spiro atoms. The number of nitrogens with zero attached hydrogens (tertiary/aromatic N) is 2. The van der Waals surface area contributed by atoms with Crippen LogP contribution < -0.4 is 5.73 Å². The predicted octanol–water partition coefficient (Wildman–Crippen LogP) is 5.73. The summed E-state index contributed by atoms with van der Waals surface area (Å²) in [5.74, 6) is 0.290. The average Bonchev–Trinajstić information content (AvgIpc) is 3.05. The molecule has 3 nitrogen and oxygen atoms in total. The van der Waals surface area contributed by atoms with Gasteiger partial charge in [0.15, 0.2) is 0 Å². The van der Waals surface area contributed by atoms with Crippen molar-refractivity contribution < 1.29 is 0 Å². The average molecular weight is 414 g/mol. The van der Waals surface area contributed by atoms with Gasteiger partial charge in [0.2, 0.25) is 0 Å². The van der Waals surface area contributed by atoms with E-state index in [9.17, 15) is 0 Å². The summed E-state index contributed by atoms with van der Waals surface area (Å²) >= 11 is 7.99. The van der Waals surface area contributed by atoms with Gasteiger partial charge in [-0.15, -0.1) is 11.3 Å². The Morgan fingerprint density at radius 3 is 2.57 bits per heavy atom. The molecule has 28 heavy (non-hydrogen) atoms. The molecule has 2 heterocycles. The lowest BCUT2D eigenvalue weighted by atomic mass is 9.84. The minimum Gasteiger partial charge on any atom is -0.402 e. The van der Waals surface area contributed by atoms with Gasteiger partial charge in [0.1, 0.15) is 0 Å². The highest BCUT2D eigenvalue weighted by molar-refractivity contribution is 7.16. The smallest absolute Gasteiger partial charge is 0.0934 e. The van der Waals surface area contributed by atoms with Crippen molar-refractivity contribution in [3.8, 4) is 0 Å². The second-order valence-corrected chi connectivity index (χ2v) is 8.49. The van der Waals surface area contributed by atoms with Crippen LogP contribution in [0.5, 0.6) is 0 Å². The number of hydrogen-bond acceptors (Lipinski definition) is 4. The molecular formula is C23H28ClN3S. The van der Waals surface area contributed by atoms with Crippen LogP contribution in [-0.4, -0.2) is 31.8 Å². The number of allylic oxidation sites excluding steroid dienone is 4. The van der Waals surface area contributed by atoms with Gasteiger partial charge in [0, 0.05) is 48.4 Å². The van der Waals surface area contributed by atoms with Gasteiger partial charge in [-0.25, -0.2) is 0 Å². The van der Waals surface area contributed by atoms with Gasteiger partial charge in [-0.2, -0.15) is 0 Å². The number of benzene rings is 1. The molecule has 0 bridgehead atoms. The molecule has 0 saturated heterocycles. The van der Waals surface area contributed by atoms with Crippen molar-refractivity contribution in [3.63, 3.8) is 0 Å². The Labute approximate surface area is 177 Å². The Bertz CT molecular complexity index is 885. The first-order valence-corrected chi connectivity index (χ1v) is 10.3. The van der Waals surface area contributed by atoms with Crippen LogP contribution in [-0.2, 0) is 6.54 Å². The second kappa shape index (κ2) is 10.4. The van der Waals surface area contributed by atoms with Crippen LogP contribution in [0.1, 0.15) is 34.4 Å². The van der Waals surface area contributed by atoms with Crippen molar-refractivity contribution in [1.29, 1.82) is 0 Å². The standard InChI is InChI=1S/C19H22ClN3S.C4H6/c1-12(21)16(9-22-2)13-6-4-5-7-14(13)17-10-23(3)11-18-15(17)8-19(20)24-18;1-3-4-2/h4-9,17H,10-11,21H2,1-3H3;3-4H,1-2H2/b16-12+,22-9?;. The number of hydrogen-bond donors (Lipinski definition) is 1. The molecule has 3 rings (SSSR count). The normalized spacial score (nSPS) is 17.4. The highest BCUT2D eigenvalue weighted by atomic mass is 35.5. The molecule has 2 N–H and O–H groups in total. The molecule has 1 aliphatic heterocycles. The van der Waals surface area contributed by atoms with E-state index >= 15 is 0 Å². The van der Waals surface area contributed by atoms with Crippen LogP contribution in [0.2, 0.25) is 4.34 Å². The van der Waals surface area contributed by atoms with Gasteiger partial charge in [-0.3, -0.25) is 4.99 Å². The minimum atomic E-state index is 0.290. The Kier molecular flexibility index (Phi) is 8.24. The third-order valence-corrected chi connectivity index (χ3v) is 5.84. The van der Waals surface area contributed by atoms with Crippen LogP contribution in [0.4, 0.5) is 0 Å². The zero-order chi connectivity index (χ0) is 20.7. The molecule has 5 heteroatoms. The topological polar surface area (TPSA) is 41.6 Å². The van der Waals surface area contributed by atoms with Crippen LogP contribution >= 0.6 is 22.9 Å².